The van der Waals surface area contributed by atoms with Crippen LogP contribution in [0.3, 0.4) is 0 Å². The number of unbranched alkanes of at least 4 members (excludes halogenated alkanes) is 4. The number of rotatable bonds is 9. The maximum absolute atomic E-state index is 10.7. The minimum absolute atomic E-state index is 0.505. The van der Waals surface area contributed by atoms with E-state index in [1.54, 1.807) is 6.07 Å². The van der Waals surface area contributed by atoms with Crippen LogP contribution in [-0.2, 0) is 12.8 Å². The van der Waals surface area contributed by atoms with Gasteiger partial charge in [0.2, 0.25) is 0 Å². The van der Waals surface area contributed by atoms with Crippen molar-refractivity contribution in [3.63, 3.8) is 0 Å². The van der Waals surface area contributed by atoms with Crippen molar-refractivity contribution in [1.29, 1.82) is 0 Å². The zero-order valence-corrected chi connectivity index (χ0v) is 12.7. The molecule has 3 nitrogen and oxygen atoms in total. The van der Waals surface area contributed by atoms with E-state index in [9.17, 15) is 4.79 Å². The summed E-state index contributed by atoms with van der Waals surface area (Å²) >= 11 is 0. The van der Waals surface area contributed by atoms with Crippen molar-refractivity contribution >= 4 is 6.16 Å². The Kier molecular flexibility index (Phi) is 7.78. The van der Waals surface area contributed by atoms with E-state index in [1.807, 2.05) is 6.07 Å². The molecule has 112 valence electrons. The molecule has 0 heterocycles. The Morgan fingerprint density at radius 2 is 1.80 bits per heavy atom. The lowest BCUT2D eigenvalue weighted by Gasteiger charge is -2.13. The monoisotopic (exact) mass is 278 g/mol. The molecular weight excluding hydrogens is 252 g/mol. The minimum Gasteiger partial charge on any atom is -0.449 e. The number of benzene rings is 1. The number of hydrogen-bond acceptors (Lipinski definition) is 2. The molecule has 1 aromatic rings. The maximum atomic E-state index is 10.7. The first-order valence-corrected chi connectivity index (χ1v) is 7.70. The fourth-order valence-electron chi connectivity index (χ4n) is 2.49. The molecule has 1 aromatic carbocycles. The predicted octanol–water partition coefficient (Wildman–Crippen LogP) is 5.21. The van der Waals surface area contributed by atoms with Crippen molar-refractivity contribution < 1.29 is 14.6 Å². The first kappa shape index (κ1) is 16.5. The Morgan fingerprint density at radius 1 is 1.05 bits per heavy atom. The molecule has 1 rings (SSSR count). The van der Waals surface area contributed by atoms with Gasteiger partial charge in [-0.25, -0.2) is 4.79 Å². The molecule has 0 unspecified atom stereocenters. The van der Waals surface area contributed by atoms with E-state index in [2.05, 4.69) is 19.9 Å². The third-order valence-electron chi connectivity index (χ3n) is 3.48. The molecule has 0 amide bonds. The fraction of sp³-hybridized carbons (Fsp3) is 0.588. The van der Waals surface area contributed by atoms with E-state index < -0.39 is 6.16 Å². The van der Waals surface area contributed by atoms with Gasteiger partial charge in [0.25, 0.3) is 0 Å². The molecule has 20 heavy (non-hydrogen) atoms. The molecule has 1 N–H and O–H groups in total. The topological polar surface area (TPSA) is 46.5 Å². The Hall–Kier alpha value is -1.51. The van der Waals surface area contributed by atoms with Gasteiger partial charge in [-0.1, -0.05) is 58.1 Å². The van der Waals surface area contributed by atoms with Crippen molar-refractivity contribution in [3.05, 3.63) is 29.3 Å². The van der Waals surface area contributed by atoms with Crippen molar-refractivity contribution in [2.24, 2.45) is 0 Å². The highest BCUT2D eigenvalue weighted by Crippen LogP contribution is 2.26. The molecule has 0 atom stereocenters. The largest absolute Gasteiger partial charge is 0.511 e. The summed E-state index contributed by atoms with van der Waals surface area (Å²) in [4.78, 5) is 10.7. The average molecular weight is 278 g/mol. The van der Waals surface area contributed by atoms with Gasteiger partial charge in [0.15, 0.2) is 0 Å². The summed E-state index contributed by atoms with van der Waals surface area (Å²) in [5.74, 6) is 0.505. The second-order valence-corrected chi connectivity index (χ2v) is 5.18. The van der Waals surface area contributed by atoms with Crippen molar-refractivity contribution in [2.75, 3.05) is 0 Å². The fourth-order valence-corrected chi connectivity index (χ4v) is 2.49. The lowest BCUT2D eigenvalue weighted by molar-refractivity contribution is 0.144. The standard InChI is InChI=1S/C17H26O3/c1-3-5-6-7-8-11-14-12-9-13-16(20-17(18)19)15(14)10-4-2/h9,12-13H,3-8,10-11H2,1-2H3,(H,18,19). The van der Waals surface area contributed by atoms with Crippen LogP contribution in [0.15, 0.2) is 18.2 Å². The van der Waals surface area contributed by atoms with Gasteiger partial charge in [-0.3, -0.25) is 0 Å². The van der Waals surface area contributed by atoms with Crippen LogP contribution >= 0.6 is 0 Å². The highest BCUT2D eigenvalue weighted by atomic mass is 16.7. The molecule has 0 spiro atoms. The van der Waals surface area contributed by atoms with Gasteiger partial charge in [0.05, 0.1) is 0 Å². The Morgan fingerprint density at radius 3 is 2.45 bits per heavy atom. The van der Waals surface area contributed by atoms with Gasteiger partial charge in [0.1, 0.15) is 5.75 Å². The molecule has 0 bridgehead atoms. The second kappa shape index (κ2) is 9.40. The van der Waals surface area contributed by atoms with E-state index in [4.69, 9.17) is 9.84 Å². The van der Waals surface area contributed by atoms with Gasteiger partial charge < -0.3 is 9.84 Å². The zero-order chi connectivity index (χ0) is 14.8. The van der Waals surface area contributed by atoms with Gasteiger partial charge in [-0.15, -0.1) is 0 Å². The molecule has 0 aliphatic heterocycles. The number of aryl methyl sites for hydroxylation is 1. The highest BCUT2D eigenvalue weighted by molar-refractivity contribution is 5.62. The normalized spacial score (nSPS) is 10.5. The van der Waals surface area contributed by atoms with E-state index in [-0.39, 0.29) is 0 Å². The summed E-state index contributed by atoms with van der Waals surface area (Å²) < 4.78 is 4.90. The van der Waals surface area contributed by atoms with Crippen molar-refractivity contribution in [2.45, 2.75) is 65.2 Å². The van der Waals surface area contributed by atoms with E-state index >= 15 is 0 Å². The lowest BCUT2D eigenvalue weighted by Crippen LogP contribution is -2.07. The second-order valence-electron chi connectivity index (χ2n) is 5.18. The number of ether oxygens (including phenoxy) is 1. The van der Waals surface area contributed by atoms with Crippen LogP contribution in [0.5, 0.6) is 5.75 Å². The van der Waals surface area contributed by atoms with Gasteiger partial charge in [-0.05, 0) is 36.5 Å². The average Bonchev–Trinajstić information content (AvgIpc) is 2.41. The third-order valence-corrected chi connectivity index (χ3v) is 3.48. The summed E-state index contributed by atoms with van der Waals surface area (Å²) in [6, 6.07) is 5.73. The molecule has 0 saturated carbocycles. The molecule has 0 fully saturated rings. The predicted molar refractivity (Wildman–Crippen MR) is 81.6 cm³/mol. The summed E-state index contributed by atoms with van der Waals surface area (Å²) in [6.07, 6.45) is 7.86. The molecule has 0 radical (unpaired) electrons. The van der Waals surface area contributed by atoms with Crippen molar-refractivity contribution in [3.8, 4) is 5.75 Å². The first-order chi connectivity index (χ1) is 9.69. The van der Waals surface area contributed by atoms with Crippen LogP contribution < -0.4 is 4.74 Å². The molecule has 0 saturated heterocycles. The van der Waals surface area contributed by atoms with Crippen LogP contribution in [0, 0.1) is 0 Å². The molecular formula is C17H26O3. The molecule has 0 aliphatic rings. The van der Waals surface area contributed by atoms with Crippen LogP contribution in [-0.4, -0.2) is 11.3 Å². The summed E-state index contributed by atoms with van der Waals surface area (Å²) in [5.41, 5.74) is 2.30. The van der Waals surface area contributed by atoms with Crippen LogP contribution in [0.1, 0.15) is 63.5 Å². The molecule has 0 aromatic heterocycles. The van der Waals surface area contributed by atoms with E-state index in [0.29, 0.717) is 5.75 Å². The molecule has 3 heteroatoms. The highest BCUT2D eigenvalue weighted by Gasteiger charge is 2.11. The van der Waals surface area contributed by atoms with Crippen LogP contribution in [0.4, 0.5) is 4.79 Å². The Bertz CT molecular complexity index is 413. The summed E-state index contributed by atoms with van der Waals surface area (Å²) in [6.45, 7) is 4.31. The van der Waals surface area contributed by atoms with Gasteiger partial charge >= 0.3 is 6.16 Å². The smallest absolute Gasteiger partial charge is 0.449 e. The van der Waals surface area contributed by atoms with E-state index in [0.717, 1.165) is 31.2 Å². The molecule has 0 aliphatic carbocycles. The van der Waals surface area contributed by atoms with Crippen LogP contribution in [0.2, 0.25) is 0 Å². The number of carboxylic acid groups (broad SMARTS) is 1. The lowest BCUT2D eigenvalue weighted by atomic mass is 9.97. The Labute approximate surface area is 122 Å². The number of hydrogen-bond donors (Lipinski definition) is 1. The summed E-state index contributed by atoms with van der Waals surface area (Å²) in [5, 5.41) is 8.80. The van der Waals surface area contributed by atoms with Crippen molar-refractivity contribution in [1.82, 2.24) is 0 Å². The SMILES string of the molecule is CCCCCCCc1cccc(OC(=O)O)c1CCC. The zero-order valence-electron chi connectivity index (χ0n) is 12.7. The Balaban J connectivity index is 2.70. The summed E-state index contributed by atoms with van der Waals surface area (Å²) in [7, 11) is 0. The third kappa shape index (κ3) is 5.64. The van der Waals surface area contributed by atoms with Crippen LogP contribution in [0.25, 0.3) is 0 Å². The van der Waals surface area contributed by atoms with Gasteiger partial charge in [0, 0.05) is 0 Å². The minimum atomic E-state index is -1.23. The van der Waals surface area contributed by atoms with E-state index in [1.165, 1.54) is 31.2 Å². The first-order valence-electron chi connectivity index (χ1n) is 7.70. The number of carbonyl (C=O) groups is 1. The van der Waals surface area contributed by atoms with Gasteiger partial charge in [-0.2, -0.15) is 0 Å². The maximum Gasteiger partial charge on any atom is 0.511 e. The quantitative estimate of drug-likeness (QED) is 0.383.